The highest BCUT2D eigenvalue weighted by Crippen LogP contribution is 2.29. The van der Waals surface area contributed by atoms with Crippen molar-refractivity contribution in [2.24, 2.45) is 0 Å². The zero-order valence-corrected chi connectivity index (χ0v) is 20.4. The van der Waals surface area contributed by atoms with Gasteiger partial charge in [-0.25, -0.2) is 4.98 Å². The Morgan fingerprint density at radius 3 is 2.74 bits per heavy atom. The number of hydrogen-bond donors (Lipinski definition) is 1. The van der Waals surface area contributed by atoms with Crippen LogP contribution in [0.15, 0.2) is 53.4 Å². The van der Waals surface area contributed by atoms with Crippen molar-refractivity contribution < 1.29 is 14.0 Å². The third-order valence-corrected chi connectivity index (χ3v) is 6.75. The van der Waals surface area contributed by atoms with E-state index in [0.717, 1.165) is 24.2 Å². The van der Waals surface area contributed by atoms with Gasteiger partial charge in [-0.15, -0.1) is 0 Å². The molecule has 1 saturated heterocycles. The Bertz CT molecular complexity index is 1110. The lowest BCUT2D eigenvalue weighted by atomic mass is 9.95. The van der Waals surface area contributed by atoms with E-state index in [4.69, 9.17) is 27.6 Å². The first-order valence-electron chi connectivity index (χ1n) is 11.5. The number of carbonyl (C=O) groups excluding carboxylic acids is 2. The number of rotatable bonds is 9. The van der Waals surface area contributed by atoms with E-state index in [1.165, 1.54) is 0 Å². The number of furan rings is 1. The van der Waals surface area contributed by atoms with Gasteiger partial charge in [-0.3, -0.25) is 9.59 Å². The van der Waals surface area contributed by atoms with Crippen LogP contribution in [0, 0.1) is 0 Å². The first-order valence-corrected chi connectivity index (χ1v) is 12.3. The molecule has 0 unspecified atom stereocenters. The Morgan fingerprint density at radius 2 is 1.97 bits per heavy atom. The number of carbonyl (C=O) groups is 2. The van der Waals surface area contributed by atoms with E-state index in [-0.39, 0.29) is 17.7 Å². The average Bonchev–Trinajstić information content (AvgIpc) is 3.52. The Hall–Kier alpha value is -2.77. The van der Waals surface area contributed by atoms with E-state index in [0.29, 0.717) is 61.2 Å². The van der Waals surface area contributed by atoms with Gasteiger partial charge in [-0.2, -0.15) is 0 Å². The molecule has 2 amide bonds. The van der Waals surface area contributed by atoms with Gasteiger partial charge < -0.3 is 19.2 Å². The minimum absolute atomic E-state index is 0.0745. The van der Waals surface area contributed by atoms with Crippen LogP contribution in [0.2, 0.25) is 10.0 Å². The summed E-state index contributed by atoms with van der Waals surface area (Å²) in [7, 11) is 0. The van der Waals surface area contributed by atoms with Crippen LogP contribution < -0.4 is 5.32 Å². The zero-order valence-electron chi connectivity index (χ0n) is 18.9. The molecule has 0 atom stereocenters. The Balaban J connectivity index is 1.21. The third kappa shape index (κ3) is 6.42. The molecule has 0 aliphatic carbocycles. The molecule has 1 aliphatic rings. The van der Waals surface area contributed by atoms with Gasteiger partial charge in [0.15, 0.2) is 0 Å². The Kier molecular flexibility index (Phi) is 8.29. The van der Waals surface area contributed by atoms with Crippen LogP contribution in [-0.4, -0.2) is 39.4 Å². The second-order valence-corrected chi connectivity index (χ2v) is 9.36. The standard InChI is InChI=1S/C25H28Cl2N4O3/c26-20-6-7-22(27)19(15-20)17-31-13-10-28-25(31)18-8-11-30(12-9-18)24(33)5-1-4-23(32)29-16-21-3-2-14-34-21/h2-3,6-7,10,13-15,18H,1,4-5,8-9,11-12,16-17H2,(H,29,32). The van der Waals surface area contributed by atoms with Gasteiger partial charge in [0.05, 0.1) is 19.4 Å². The predicted molar refractivity (Wildman–Crippen MR) is 131 cm³/mol. The van der Waals surface area contributed by atoms with Crippen molar-refractivity contribution in [1.82, 2.24) is 19.8 Å². The van der Waals surface area contributed by atoms with Crippen molar-refractivity contribution in [2.45, 2.75) is 51.1 Å². The molecule has 3 heterocycles. The largest absolute Gasteiger partial charge is 0.467 e. The van der Waals surface area contributed by atoms with E-state index in [1.54, 1.807) is 18.4 Å². The van der Waals surface area contributed by atoms with Crippen LogP contribution >= 0.6 is 23.2 Å². The number of nitrogens with one attached hydrogen (secondary N) is 1. The number of likely N-dealkylation sites (tertiary alicyclic amines) is 1. The maximum absolute atomic E-state index is 12.6. The number of halogens is 2. The van der Waals surface area contributed by atoms with Crippen molar-refractivity contribution in [3.63, 3.8) is 0 Å². The van der Waals surface area contributed by atoms with Gasteiger partial charge >= 0.3 is 0 Å². The van der Waals surface area contributed by atoms with E-state index in [1.807, 2.05) is 35.5 Å². The Morgan fingerprint density at radius 1 is 1.15 bits per heavy atom. The molecule has 1 aliphatic heterocycles. The van der Waals surface area contributed by atoms with Crippen molar-refractivity contribution in [3.8, 4) is 0 Å². The molecule has 3 aromatic rings. The summed E-state index contributed by atoms with van der Waals surface area (Å²) in [6.45, 7) is 2.36. The number of nitrogens with zero attached hydrogens (tertiary/aromatic N) is 3. The number of aromatic nitrogens is 2. The first-order chi connectivity index (χ1) is 16.5. The molecule has 0 spiro atoms. The summed E-state index contributed by atoms with van der Waals surface area (Å²) in [4.78, 5) is 31.1. The molecule has 2 aromatic heterocycles. The molecule has 0 saturated carbocycles. The van der Waals surface area contributed by atoms with Gasteiger partial charge in [0.2, 0.25) is 11.8 Å². The second-order valence-electron chi connectivity index (χ2n) is 8.51. The fourth-order valence-corrected chi connectivity index (χ4v) is 4.67. The van der Waals surface area contributed by atoms with Crippen LogP contribution in [0.3, 0.4) is 0 Å². The lowest BCUT2D eigenvalue weighted by molar-refractivity contribution is -0.132. The fraction of sp³-hybridized carbons (Fsp3) is 0.400. The van der Waals surface area contributed by atoms with Gasteiger partial charge in [-0.1, -0.05) is 23.2 Å². The zero-order chi connectivity index (χ0) is 23.9. The summed E-state index contributed by atoms with van der Waals surface area (Å²) < 4.78 is 7.31. The topological polar surface area (TPSA) is 80.4 Å². The summed E-state index contributed by atoms with van der Waals surface area (Å²) in [5.41, 5.74) is 0.953. The third-order valence-electron chi connectivity index (χ3n) is 6.14. The van der Waals surface area contributed by atoms with E-state index >= 15 is 0 Å². The van der Waals surface area contributed by atoms with Gasteiger partial charge in [0.25, 0.3) is 0 Å². The molecule has 9 heteroatoms. The molecule has 7 nitrogen and oxygen atoms in total. The minimum Gasteiger partial charge on any atom is -0.467 e. The molecule has 1 aromatic carbocycles. The maximum Gasteiger partial charge on any atom is 0.222 e. The summed E-state index contributed by atoms with van der Waals surface area (Å²) in [5.74, 6) is 2.03. The van der Waals surface area contributed by atoms with Crippen molar-refractivity contribution in [3.05, 3.63) is 76.2 Å². The molecular weight excluding hydrogens is 475 g/mol. The quantitative estimate of drug-likeness (QED) is 0.445. The highest BCUT2D eigenvalue weighted by Gasteiger charge is 2.26. The van der Waals surface area contributed by atoms with Crippen LogP contribution in [0.1, 0.15) is 55.2 Å². The number of amides is 2. The van der Waals surface area contributed by atoms with Gasteiger partial charge in [-0.05, 0) is 55.2 Å². The fourth-order valence-electron chi connectivity index (χ4n) is 4.29. The van der Waals surface area contributed by atoms with E-state index in [9.17, 15) is 9.59 Å². The monoisotopic (exact) mass is 502 g/mol. The van der Waals surface area contributed by atoms with Crippen LogP contribution in [0.4, 0.5) is 0 Å². The summed E-state index contributed by atoms with van der Waals surface area (Å²) in [5, 5.41) is 4.14. The summed E-state index contributed by atoms with van der Waals surface area (Å²) in [6, 6.07) is 9.06. The number of piperidine rings is 1. The molecule has 0 radical (unpaired) electrons. The normalized spacial score (nSPS) is 14.4. The van der Waals surface area contributed by atoms with Crippen molar-refractivity contribution in [2.75, 3.05) is 13.1 Å². The van der Waals surface area contributed by atoms with Gasteiger partial charge in [0, 0.05) is 54.3 Å². The van der Waals surface area contributed by atoms with Gasteiger partial charge in [0.1, 0.15) is 11.6 Å². The van der Waals surface area contributed by atoms with E-state index in [2.05, 4.69) is 14.9 Å². The molecule has 1 fully saturated rings. The van der Waals surface area contributed by atoms with Crippen molar-refractivity contribution in [1.29, 1.82) is 0 Å². The first kappa shape index (κ1) is 24.4. The molecule has 1 N–H and O–H groups in total. The SMILES string of the molecule is O=C(CCCC(=O)N1CCC(c2nccn2Cc2cc(Cl)ccc2Cl)CC1)NCc1ccco1. The lowest BCUT2D eigenvalue weighted by Crippen LogP contribution is -2.38. The molecule has 4 rings (SSSR count). The minimum atomic E-state index is -0.0745. The molecular formula is C25H28Cl2N4O3. The lowest BCUT2D eigenvalue weighted by Gasteiger charge is -2.32. The highest BCUT2D eigenvalue weighted by molar-refractivity contribution is 6.33. The second kappa shape index (κ2) is 11.6. The molecule has 0 bridgehead atoms. The van der Waals surface area contributed by atoms with Crippen LogP contribution in [0.25, 0.3) is 0 Å². The Labute approximate surface area is 209 Å². The number of hydrogen-bond acceptors (Lipinski definition) is 4. The van der Waals surface area contributed by atoms with Crippen LogP contribution in [-0.2, 0) is 22.7 Å². The van der Waals surface area contributed by atoms with Crippen molar-refractivity contribution >= 4 is 35.0 Å². The average molecular weight is 503 g/mol. The van der Waals surface area contributed by atoms with E-state index < -0.39 is 0 Å². The smallest absolute Gasteiger partial charge is 0.222 e. The summed E-state index contributed by atoms with van der Waals surface area (Å²) >= 11 is 12.5. The maximum atomic E-state index is 12.6. The number of benzene rings is 1. The molecule has 34 heavy (non-hydrogen) atoms. The number of imidazole rings is 1. The van der Waals surface area contributed by atoms with Crippen LogP contribution in [0.5, 0.6) is 0 Å². The summed E-state index contributed by atoms with van der Waals surface area (Å²) in [6.07, 6.45) is 8.29. The predicted octanol–water partition coefficient (Wildman–Crippen LogP) is 5.02. The molecule has 180 valence electrons. The highest BCUT2D eigenvalue weighted by atomic mass is 35.5.